The normalized spacial score (nSPS) is 15.8. The summed E-state index contributed by atoms with van der Waals surface area (Å²) in [4.78, 5) is 26.2. The van der Waals surface area contributed by atoms with Crippen molar-refractivity contribution >= 4 is 23.2 Å². The van der Waals surface area contributed by atoms with E-state index in [1.54, 1.807) is 0 Å². The molecule has 2 rings (SSSR count). The Hall–Kier alpha value is -1.51. The summed E-state index contributed by atoms with van der Waals surface area (Å²) in [6.07, 6.45) is 2.52. The van der Waals surface area contributed by atoms with Gasteiger partial charge in [-0.1, -0.05) is 0 Å². The Morgan fingerprint density at radius 1 is 1.48 bits per heavy atom. The summed E-state index contributed by atoms with van der Waals surface area (Å²) >= 11 is 1.22. The number of thiazole rings is 1. The lowest BCUT2D eigenvalue weighted by atomic mass is 10.1. The zero-order valence-corrected chi connectivity index (χ0v) is 12.4. The molecule has 21 heavy (non-hydrogen) atoms. The fourth-order valence-electron chi connectivity index (χ4n) is 2.03. The van der Waals surface area contributed by atoms with Gasteiger partial charge in [0.2, 0.25) is 5.91 Å². The fraction of sp³-hybridized carbons (Fsp3) is 0.615. The molecule has 0 saturated carbocycles. The van der Waals surface area contributed by atoms with Gasteiger partial charge in [0.1, 0.15) is 5.01 Å². The van der Waals surface area contributed by atoms with E-state index in [0.29, 0.717) is 18.0 Å². The number of ether oxygens (including phenoxy) is 1. The molecule has 0 spiro atoms. The number of carboxylic acids is 1. The molecule has 0 aliphatic carbocycles. The highest BCUT2D eigenvalue weighted by Crippen LogP contribution is 2.10. The van der Waals surface area contributed by atoms with E-state index in [0.717, 1.165) is 25.9 Å². The van der Waals surface area contributed by atoms with Crippen LogP contribution in [-0.2, 0) is 16.1 Å². The first-order valence-corrected chi connectivity index (χ1v) is 7.80. The maximum absolute atomic E-state index is 11.7. The minimum atomic E-state index is -1.06. The van der Waals surface area contributed by atoms with Gasteiger partial charge in [0.25, 0.3) is 0 Å². The molecule has 1 fully saturated rings. The van der Waals surface area contributed by atoms with E-state index in [-0.39, 0.29) is 24.2 Å². The Balaban J connectivity index is 1.61. The lowest BCUT2D eigenvalue weighted by molar-refractivity contribution is -0.122. The highest BCUT2D eigenvalue weighted by atomic mass is 32.1. The van der Waals surface area contributed by atoms with E-state index >= 15 is 0 Å². The zero-order valence-electron chi connectivity index (χ0n) is 11.6. The average Bonchev–Trinajstić information content (AvgIpc) is 2.95. The van der Waals surface area contributed by atoms with Crippen molar-refractivity contribution in [3.05, 3.63) is 16.1 Å². The van der Waals surface area contributed by atoms with Crippen molar-refractivity contribution in [1.29, 1.82) is 0 Å². The maximum Gasteiger partial charge on any atom is 0.355 e. The van der Waals surface area contributed by atoms with Crippen molar-refractivity contribution in [3.63, 3.8) is 0 Å². The third-order valence-electron chi connectivity index (χ3n) is 3.18. The predicted octanol–water partition coefficient (Wildman–Crippen LogP) is 0.616. The molecule has 0 bridgehead atoms. The quantitative estimate of drug-likeness (QED) is 0.682. The van der Waals surface area contributed by atoms with Gasteiger partial charge >= 0.3 is 5.97 Å². The second-order valence-corrected chi connectivity index (χ2v) is 5.72. The first kappa shape index (κ1) is 15.9. The van der Waals surface area contributed by atoms with Gasteiger partial charge in [-0.15, -0.1) is 11.3 Å². The topological polar surface area (TPSA) is 101 Å². The molecule has 1 aromatic rings. The van der Waals surface area contributed by atoms with Crippen molar-refractivity contribution in [2.45, 2.75) is 31.9 Å². The molecule has 1 amide bonds. The van der Waals surface area contributed by atoms with Gasteiger partial charge in [-0.2, -0.15) is 0 Å². The highest BCUT2D eigenvalue weighted by molar-refractivity contribution is 7.09. The number of carbonyl (C=O) groups excluding carboxylic acids is 1. The summed E-state index contributed by atoms with van der Waals surface area (Å²) in [5.41, 5.74) is 0.0125. The van der Waals surface area contributed by atoms with Crippen LogP contribution in [0.25, 0.3) is 0 Å². The first-order valence-electron chi connectivity index (χ1n) is 6.92. The van der Waals surface area contributed by atoms with Crippen molar-refractivity contribution in [3.8, 4) is 0 Å². The predicted molar refractivity (Wildman–Crippen MR) is 77.4 cm³/mol. The van der Waals surface area contributed by atoms with Crippen LogP contribution in [0.5, 0.6) is 0 Å². The number of nitrogens with one attached hydrogen (secondary N) is 2. The van der Waals surface area contributed by atoms with E-state index in [4.69, 9.17) is 9.84 Å². The Kier molecular flexibility index (Phi) is 6.09. The molecule has 7 nitrogen and oxygen atoms in total. The molecule has 0 radical (unpaired) electrons. The molecule has 0 atom stereocenters. The Morgan fingerprint density at radius 2 is 2.24 bits per heavy atom. The molecule has 116 valence electrons. The second kappa shape index (κ2) is 8.06. The van der Waals surface area contributed by atoms with Crippen molar-refractivity contribution in [1.82, 2.24) is 15.6 Å². The summed E-state index contributed by atoms with van der Waals surface area (Å²) < 4.78 is 5.65. The van der Waals surface area contributed by atoms with Gasteiger partial charge in [0.15, 0.2) is 5.69 Å². The van der Waals surface area contributed by atoms with Gasteiger partial charge < -0.3 is 20.5 Å². The summed E-state index contributed by atoms with van der Waals surface area (Å²) in [7, 11) is 0. The number of aromatic carboxylic acids is 1. The molecule has 1 aliphatic heterocycles. The Labute approximate surface area is 126 Å². The molecule has 0 aromatic carbocycles. The lowest BCUT2D eigenvalue weighted by Gasteiger charge is -2.22. The molecule has 2 heterocycles. The SMILES string of the molecule is O=C(CCOC1CCNCC1)NCc1nc(C(=O)O)cs1. The van der Waals surface area contributed by atoms with E-state index < -0.39 is 5.97 Å². The van der Waals surface area contributed by atoms with Crippen molar-refractivity contribution < 1.29 is 19.4 Å². The molecular weight excluding hydrogens is 294 g/mol. The highest BCUT2D eigenvalue weighted by Gasteiger charge is 2.14. The van der Waals surface area contributed by atoms with Crippen LogP contribution in [0.4, 0.5) is 0 Å². The Bertz CT molecular complexity index is 486. The molecule has 8 heteroatoms. The number of hydrogen-bond donors (Lipinski definition) is 3. The second-order valence-electron chi connectivity index (χ2n) is 4.78. The monoisotopic (exact) mass is 313 g/mol. The van der Waals surface area contributed by atoms with Crippen molar-refractivity contribution in [2.24, 2.45) is 0 Å². The first-order chi connectivity index (χ1) is 10.1. The smallest absolute Gasteiger partial charge is 0.355 e. The molecule has 1 aliphatic rings. The molecule has 0 unspecified atom stereocenters. The third kappa shape index (κ3) is 5.41. The molecule has 3 N–H and O–H groups in total. The van der Waals surface area contributed by atoms with Gasteiger partial charge in [-0.25, -0.2) is 9.78 Å². The van der Waals surface area contributed by atoms with Crippen LogP contribution in [0.15, 0.2) is 5.38 Å². The minimum Gasteiger partial charge on any atom is -0.476 e. The van der Waals surface area contributed by atoms with Crippen LogP contribution in [0.2, 0.25) is 0 Å². The minimum absolute atomic E-state index is 0.0125. The van der Waals surface area contributed by atoms with Crippen LogP contribution in [0, 0.1) is 0 Å². The summed E-state index contributed by atoms with van der Waals surface area (Å²) in [6.45, 7) is 2.60. The average molecular weight is 313 g/mol. The van der Waals surface area contributed by atoms with Gasteiger partial charge in [-0.3, -0.25) is 4.79 Å². The molecular formula is C13H19N3O4S. The van der Waals surface area contributed by atoms with E-state index in [1.807, 2.05) is 0 Å². The van der Waals surface area contributed by atoms with Crippen LogP contribution in [0.1, 0.15) is 34.8 Å². The summed E-state index contributed by atoms with van der Waals surface area (Å²) in [5.74, 6) is -1.17. The fourth-order valence-corrected chi connectivity index (χ4v) is 2.74. The number of carboxylic acid groups (broad SMARTS) is 1. The number of hydrogen-bond acceptors (Lipinski definition) is 6. The van der Waals surface area contributed by atoms with E-state index in [9.17, 15) is 9.59 Å². The zero-order chi connectivity index (χ0) is 15.1. The third-order valence-corrected chi connectivity index (χ3v) is 4.03. The molecule has 1 saturated heterocycles. The number of rotatable bonds is 7. The standard InChI is InChI=1S/C13H19N3O4S/c17-11(3-6-20-9-1-4-14-5-2-9)15-7-12-16-10(8-21-12)13(18)19/h8-9,14H,1-7H2,(H,15,17)(H,18,19). The Morgan fingerprint density at radius 3 is 2.90 bits per heavy atom. The van der Waals surface area contributed by atoms with Crippen LogP contribution < -0.4 is 10.6 Å². The largest absolute Gasteiger partial charge is 0.476 e. The van der Waals surface area contributed by atoms with Gasteiger partial charge in [0.05, 0.1) is 19.3 Å². The number of piperidine rings is 1. The van der Waals surface area contributed by atoms with E-state index in [2.05, 4.69) is 15.6 Å². The van der Waals surface area contributed by atoms with Gasteiger partial charge in [0, 0.05) is 11.8 Å². The molecule has 1 aromatic heterocycles. The van der Waals surface area contributed by atoms with Crippen LogP contribution in [-0.4, -0.2) is 47.8 Å². The van der Waals surface area contributed by atoms with E-state index in [1.165, 1.54) is 16.7 Å². The van der Waals surface area contributed by atoms with Crippen LogP contribution in [0.3, 0.4) is 0 Å². The summed E-state index contributed by atoms with van der Waals surface area (Å²) in [6, 6.07) is 0. The number of nitrogens with zero attached hydrogens (tertiary/aromatic N) is 1. The maximum atomic E-state index is 11.7. The lowest BCUT2D eigenvalue weighted by Crippen LogP contribution is -2.33. The summed E-state index contributed by atoms with van der Waals surface area (Å²) in [5, 5.41) is 16.8. The number of carbonyl (C=O) groups is 2. The van der Waals surface area contributed by atoms with Crippen molar-refractivity contribution in [2.75, 3.05) is 19.7 Å². The van der Waals surface area contributed by atoms with Crippen LogP contribution >= 0.6 is 11.3 Å². The van der Waals surface area contributed by atoms with Gasteiger partial charge in [-0.05, 0) is 25.9 Å². The number of aromatic nitrogens is 1. The number of amides is 1.